The summed E-state index contributed by atoms with van der Waals surface area (Å²) in [6.45, 7) is 2.74. The molecule has 10 heteroatoms. The summed E-state index contributed by atoms with van der Waals surface area (Å²) in [7, 11) is 3.71. The number of likely N-dealkylation sites (N-methyl/N-ethyl adjacent to an activating group) is 1. The Kier molecular flexibility index (Phi) is 4.13. The van der Waals surface area contributed by atoms with E-state index in [1.54, 1.807) is 21.8 Å². The van der Waals surface area contributed by atoms with Gasteiger partial charge in [-0.1, -0.05) is 11.2 Å². The number of likely N-dealkylation sites (tertiary alicyclic amines) is 1. The zero-order valence-corrected chi connectivity index (χ0v) is 18.5. The predicted octanol–water partition coefficient (Wildman–Crippen LogP) is 2.71. The van der Waals surface area contributed by atoms with E-state index in [9.17, 15) is 4.79 Å². The molecule has 166 valence electrons. The number of fused-ring (bicyclic) bond motifs is 1. The Labute approximate surface area is 189 Å². The Balaban J connectivity index is 1.27. The molecule has 1 N–H and O–H groups in total. The zero-order chi connectivity index (χ0) is 22.7. The van der Waals surface area contributed by atoms with Crippen LogP contribution in [0.25, 0.3) is 22.8 Å². The minimum Gasteiger partial charge on any atom is -0.360 e. The van der Waals surface area contributed by atoms with Gasteiger partial charge in [-0.3, -0.25) is 9.48 Å². The van der Waals surface area contributed by atoms with Crippen molar-refractivity contribution >= 4 is 17.7 Å². The molecule has 0 aromatic carbocycles. The van der Waals surface area contributed by atoms with Gasteiger partial charge in [-0.15, -0.1) is 0 Å². The number of carbonyl (C=O) groups excluding carboxylic acids is 1. The van der Waals surface area contributed by atoms with Gasteiger partial charge in [0.15, 0.2) is 11.6 Å². The van der Waals surface area contributed by atoms with Crippen molar-refractivity contribution in [1.29, 1.82) is 0 Å². The number of piperidine rings is 1. The van der Waals surface area contributed by atoms with Crippen LogP contribution < -0.4 is 5.32 Å². The maximum absolute atomic E-state index is 12.6. The van der Waals surface area contributed by atoms with Gasteiger partial charge in [0, 0.05) is 44.7 Å². The number of nitrogens with one attached hydrogen (secondary N) is 1. The lowest BCUT2D eigenvalue weighted by Crippen LogP contribution is -2.29. The molecule has 2 aliphatic rings. The van der Waals surface area contributed by atoms with Gasteiger partial charge in [0.1, 0.15) is 11.1 Å². The third-order valence-corrected chi connectivity index (χ3v) is 6.56. The Hall–Kier alpha value is -4.08. The van der Waals surface area contributed by atoms with Gasteiger partial charge in [-0.25, -0.2) is 15.0 Å². The lowest BCUT2D eigenvalue weighted by atomic mass is 10.0. The molecule has 6 rings (SSSR count). The normalized spacial score (nSPS) is 21.4. The number of hydrogen-bond donors (Lipinski definition) is 1. The predicted molar refractivity (Wildman–Crippen MR) is 119 cm³/mol. The van der Waals surface area contributed by atoms with Crippen LogP contribution in [0.3, 0.4) is 0 Å². The van der Waals surface area contributed by atoms with Gasteiger partial charge in [-0.05, 0) is 37.5 Å². The summed E-state index contributed by atoms with van der Waals surface area (Å²) in [5.41, 5.74) is 3.10. The summed E-state index contributed by atoms with van der Waals surface area (Å²) >= 11 is 0. The molecule has 1 aliphatic carbocycles. The second-order valence-corrected chi connectivity index (χ2v) is 8.73. The van der Waals surface area contributed by atoms with Crippen molar-refractivity contribution in [2.45, 2.75) is 18.8 Å². The largest absolute Gasteiger partial charge is 0.360 e. The molecule has 1 amide bonds. The van der Waals surface area contributed by atoms with Gasteiger partial charge >= 0.3 is 0 Å². The summed E-state index contributed by atoms with van der Waals surface area (Å²) in [6.07, 6.45) is 2.50. The van der Waals surface area contributed by atoms with Crippen molar-refractivity contribution in [1.82, 2.24) is 34.8 Å². The van der Waals surface area contributed by atoms with Crippen LogP contribution in [0.15, 0.2) is 47.1 Å². The van der Waals surface area contributed by atoms with Crippen LogP contribution in [0, 0.1) is 12.8 Å². The number of nitrogens with zero attached hydrogens (tertiary/aromatic N) is 7. The van der Waals surface area contributed by atoms with Crippen molar-refractivity contribution in [2.24, 2.45) is 13.0 Å². The molecule has 10 nitrogen and oxygen atoms in total. The van der Waals surface area contributed by atoms with E-state index in [1.807, 2.05) is 51.4 Å². The molecule has 2 atom stereocenters. The number of amides is 1. The molecule has 0 spiro atoms. The van der Waals surface area contributed by atoms with Crippen LogP contribution in [-0.2, 0) is 17.3 Å². The molecule has 2 fully saturated rings. The maximum atomic E-state index is 12.6. The molecular weight excluding hydrogens is 420 g/mol. The molecule has 4 aromatic rings. The fourth-order valence-corrected chi connectivity index (χ4v) is 4.60. The standard InChI is InChI=1S/C23H22N8O2/c1-13-9-20(28-31(13)3)27-22-24-8-7-17(26-22)15-5-4-6-16(25-15)18-10-19(33-29-18)23-11-14(23)12-30(2)21(23)32/h4-10,14H,11-12H2,1-3H3,(H,24,26,27,28)/t14?,23-/m0/s1. The van der Waals surface area contributed by atoms with Crippen LogP contribution in [0.4, 0.5) is 11.8 Å². The van der Waals surface area contributed by atoms with Gasteiger partial charge in [-0.2, -0.15) is 5.10 Å². The number of carbonyl (C=O) groups is 1. The van der Waals surface area contributed by atoms with Crippen LogP contribution in [0.1, 0.15) is 17.9 Å². The Morgan fingerprint density at radius 1 is 1.09 bits per heavy atom. The molecule has 4 aromatic heterocycles. The first-order valence-corrected chi connectivity index (χ1v) is 10.8. The molecule has 1 aliphatic heterocycles. The van der Waals surface area contributed by atoms with Gasteiger partial charge < -0.3 is 14.7 Å². The molecule has 1 saturated heterocycles. The van der Waals surface area contributed by atoms with Gasteiger partial charge in [0.25, 0.3) is 0 Å². The fourth-order valence-electron chi connectivity index (χ4n) is 4.60. The van der Waals surface area contributed by atoms with Crippen LogP contribution >= 0.6 is 0 Å². The maximum Gasteiger partial charge on any atom is 0.236 e. The quantitative estimate of drug-likeness (QED) is 0.502. The minimum atomic E-state index is -0.533. The third-order valence-electron chi connectivity index (χ3n) is 6.56. The summed E-state index contributed by atoms with van der Waals surface area (Å²) < 4.78 is 7.41. The highest BCUT2D eigenvalue weighted by molar-refractivity contribution is 5.94. The van der Waals surface area contributed by atoms with Crippen LogP contribution in [0.2, 0.25) is 0 Å². The van der Waals surface area contributed by atoms with Crippen LogP contribution in [0.5, 0.6) is 0 Å². The molecule has 5 heterocycles. The number of anilines is 2. The third kappa shape index (κ3) is 3.09. The van der Waals surface area contributed by atoms with E-state index in [-0.39, 0.29) is 5.91 Å². The second kappa shape index (κ2) is 6.96. The lowest BCUT2D eigenvalue weighted by molar-refractivity contribution is -0.130. The number of aromatic nitrogens is 6. The summed E-state index contributed by atoms with van der Waals surface area (Å²) in [6, 6.07) is 11.2. The minimum absolute atomic E-state index is 0.112. The first kappa shape index (κ1) is 19.6. The molecular formula is C23H22N8O2. The van der Waals surface area contributed by atoms with Gasteiger partial charge in [0.05, 0.1) is 17.1 Å². The van der Waals surface area contributed by atoms with E-state index in [1.165, 1.54) is 0 Å². The number of aryl methyl sites for hydroxylation is 2. The van der Waals surface area contributed by atoms with Crippen molar-refractivity contribution < 1.29 is 9.32 Å². The van der Waals surface area contributed by atoms with E-state index in [0.29, 0.717) is 46.2 Å². The molecule has 1 saturated carbocycles. The smallest absolute Gasteiger partial charge is 0.236 e. The van der Waals surface area contributed by atoms with Crippen molar-refractivity contribution in [3.63, 3.8) is 0 Å². The molecule has 33 heavy (non-hydrogen) atoms. The van der Waals surface area contributed by atoms with Crippen molar-refractivity contribution in [3.05, 3.63) is 54.0 Å². The first-order valence-electron chi connectivity index (χ1n) is 10.8. The topological polar surface area (TPSA) is 115 Å². The molecule has 1 unspecified atom stereocenters. The van der Waals surface area contributed by atoms with E-state index < -0.39 is 5.41 Å². The average molecular weight is 442 g/mol. The Bertz CT molecular complexity index is 1370. The highest BCUT2D eigenvalue weighted by Crippen LogP contribution is 2.59. The van der Waals surface area contributed by atoms with Crippen molar-refractivity contribution in [2.75, 3.05) is 18.9 Å². The first-order chi connectivity index (χ1) is 15.9. The highest BCUT2D eigenvalue weighted by Gasteiger charge is 2.69. The SMILES string of the molecule is Cc1cc(Nc2nccc(-c3cccc(-c4cc([C@]56CC5CN(C)C6=O)on4)n3)n2)nn1C. The summed E-state index contributed by atoms with van der Waals surface area (Å²) in [5, 5.41) is 11.7. The number of pyridine rings is 1. The Morgan fingerprint density at radius 2 is 1.88 bits per heavy atom. The number of hydrogen-bond acceptors (Lipinski definition) is 8. The monoisotopic (exact) mass is 442 g/mol. The second-order valence-electron chi connectivity index (χ2n) is 8.73. The van der Waals surface area contributed by atoms with E-state index in [2.05, 4.69) is 25.5 Å². The number of rotatable bonds is 5. The van der Waals surface area contributed by atoms with Crippen LogP contribution in [-0.4, -0.2) is 54.3 Å². The van der Waals surface area contributed by atoms with E-state index >= 15 is 0 Å². The average Bonchev–Trinajstić information content (AvgIpc) is 3.07. The van der Waals surface area contributed by atoms with Crippen molar-refractivity contribution in [3.8, 4) is 22.8 Å². The molecule has 0 bridgehead atoms. The Morgan fingerprint density at radius 3 is 2.61 bits per heavy atom. The van der Waals surface area contributed by atoms with E-state index in [4.69, 9.17) is 9.51 Å². The highest BCUT2D eigenvalue weighted by atomic mass is 16.5. The molecule has 0 radical (unpaired) electrons. The zero-order valence-electron chi connectivity index (χ0n) is 18.5. The summed E-state index contributed by atoms with van der Waals surface area (Å²) in [4.78, 5) is 28.0. The fraction of sp³-hybridized carbons (Fsp3) is 0.304. The lowest BCUT2D eigenvalue weighted by Gasteiger charge is -2.13. The van der Waals surface area contributed by atoms with Gasteiger partial charge in [0.2, 0.25) is 11.9 Å². The van der Waals surface area contributed by atoms with E-state index in [0.717, 1.165) is 18.7 Å². The summed E-state index contributed by atoms with van der Waals surface area (Å²) in [5.74, 6) is 2.16.